The van der Waals surface area contributed by atoms with Gasteiger partial charge >= 0.3 is 0 Å². The summed E-state index contributed by atoms with van der Waals surface area (Å²) in [5, 5.41) is 11.7. The van der Waals surface area contributed by atoms with Crippen molar-refractivity contribution in [2.75, 3.05) is 18.5 Å². The summed E-state index contributed by atoms with van der Waals surface area (Å²) < 4.78 is 0. The molecule has 1 N–H and O–H groups in total. The highest BCUT2D eigenvalue weighted by Gasteiger charge is 2.19. The molecule has 21 heavy (non-hydrogen) atoms. The van der Waals surface area contributed by atoms with E-state index in [2.05, 4.69) is 24.1 Å². The van der Waals surface area contributed by atoms with Crippen LogP contribution >= 0.6 is 23.2 Å². The van der Waals surface area contributed by atoms with E-state index < -0.39 is 6.10 Å². The molecule has 1 heterocycles. The molecule has 0 aromatic heterocycles. The molecule has 1 unspecified atom stereocenters. The summed E-state index contributed by atoms with van der Waals surface area (Å²) in [4.78, 5) is 2.25. The lowest BCUT2D eigenvalue weighted by molar-refractivity contribution is 0.220. The zero-order chi connectivity index (χ0) is 15.0. The van der Waals surface area contributed by atoms with Gasteiger partial charge in [-0.05, 0) is 48.2 Å². The van der Waals surface area contributed by atoms with Gasteiger partial charge in [0, 0.05) is 34.9 Å². The number of hydrogen-bond acceptors (Lipinski definition) is 2. The first kappa shape index (κ1) is 14.7. The number of hydrogen-bond donors (Lipinski definition) is 1. The minimum Gasteiger partial charge on any atom is -0.384 e. The smallest absolute Gasteiger partial charge is 0.106 e. The van der Waals surface area contributed by atoms with Crippen LogP contribution in [-0.4, -0.2) is 18.7 Å². The van der Waals surface area contributed by atoms with E-state index in [0.717, 1.165) is 24.9 Å². The van der Waals surface area contributed by atoms with Crippen molar-refractivity contribution < 1.29 is 5.11 Å². The number of anilines is 1. The number of benzene rings is 2. The van der Waals surface area contributed by atoms with E-state index in [1.54, 1.807) is 18.2 Å². The molecular formula is C17H17Cl2NO. The van der Waals surface area contributed by atoms with Crippen LogP contribution < -0.4 is 4.90 Å². The first-order valence-electron chi connectivity index (χ1n) is 7.03. The van der Waals surface area contributed by atoms with Crippen molar-refractivity contribution in [2.45, 2.75) is 18.9 Å². The molecule has 2 nitrogen and oxygen atoms in total. The quantitative estimate of drug-likeness (QED) is 0.882. The summed E-state index contributed by atoms with van der Waals surface area (Å²) in [6.45, 7) is 1.08. The molecular weight excluding hydrogens is 305 g/mol. The fraction of sp³-hybridized carbons (Fsp3) is 0.294. The Morgan fingerprint density at radius 2 is 1.95 bits per heavy atom. The number of aryl methyl sites for hydroxylation is 1. The van der Waals surface area contributed by atoms with Gasteiger partial charge in [0.2, 0.25) is 0 Å². The minimum atomic E-state index is -0.756. The van der Waals surface area contributed by atoms with E-state index >= 15 is 0 Å². The second kappa shape index (κ2) is 5.88. The number of rotatable bonds is 2. The Kier molecular flexibility index (Phi) is 4.12. The van der Waals surface area contributed by atoms with Gasteiger partial charge in [0.1, 0.15) is 6.10 Å². The molecule has 4 heteroatoms. The molecule has 0 saturated carbocycles. The van der Waals surface area contributed by atoms with Gasteiger partial charge in [-0.3, -0.25) is 0 Å². The van der Waals surface area contributed by atoms with Crippen LogP contribution in [0.1, 0.15) is 29.2 Å². The highest BCUT2D eigenvalue weighted by molar-refractivity contribution is 6.33. The highest BCUT2D eigenvalue weighted by atomic mass is 35.5. The summed E-state index contributed by atoms with van der Waals surface area (Å²) in [5.74, 6) is 0. The van der Waals surface area contributed by atoms with Gasteiger partial charge in [-0.15, -0.1) is 0 Å². The molecule has 0 fully saturated rings. The monoisotopic (exact) mass is 321 g/mol. The second-order valence-corrected chi connectivity index (χ2v) is 6.33. The van der Waals surface area contributed by atoms with Crippen LogP contribution in [0.3, 0.4) is 0 Å². The molecule has 0 radical (unpaired) electrons. The van der Waals surface area contributed by atoms with E-state index in [0.29, 0.717) is 15.6 Å². The Morgan fingerprint density at radius 1 is 1.14 bits per heavy atom. The fourth-order valence-electron chi connectivity index (χ4n) is 2.88. The maximum atomic E-state index is 10.6. The van der Waals surface area contributed by atoms with Crippen LogP contribution in [0.15, 0.2) is 36.4 Å². The number of nitrogens with zero attached hydrogens (tertiary/aromatic N) is 1. The van der Waals surface area contributed by atoms with Crippen molar-refractivity contribution >= 4 is 28.9 Å². The van der Waals surface area contributed by atoms with Crippen LogP contribution in [0.2, 0.25) is 10.0 Å². The van der Waals surface area contributed by atoms with E-state index in [9.17, 15) is 5.11 Å². The van der Waals surface area contributed by atoms with Crippen LogP contribution in [-0.2, 0) is 6.42 Å². The molecule has 3 rings (SSSR count). The van der Waals surface area contributed by atoms with Gasteiger partial charge in [-0.2, -0.15) is 0 Å². The lowest BCUT2D eigenvalue weighted by Crippen LogP contribution is -2.24. The number of halogens is 2. The van der Waals surface area contributed by atoms with Crippen molar-refractivity contribution in [3.8, 4) is 0 Å². The van der Waals surface area contributed by atoms with Crippen LogP contribution in [0.25, 0.3) is 0 Å². The summed E-state index contributed by atoms with van der Waals surface area (Å²) in [6.07, 6.45) is 1.43. The fourth-order valence-corrected chi connectivity index (χ4v) is 3.28. The standard InChI is InChI=1S/C17H17Cl2NO/c1-20-8-2-3-11-9-12(4-7-16(11)20)17(21)14-10-13(18)5-6-15(14)19/h4-7,9-10,17,21H,2-3,8H2,1H3. The third kappa shape index (κ3) is 2.89. The highest BCUT2D eigenvalue weighted by Crippen LogP contribution is 2.34. The number of fused-ring (bicyclic) bond motifs is 1. The van der Waals surface area contributed by atoms with Gasteiger partial charge < -0.3 is 10.0 Å². The molecule has 1 atom stereocenters. The first-order chi connectivity index (χ1) is 10.1. The van der Waals surface area contributed by atoms with E-state index in [1.807, 2.05) is 6.07 Å². The molecule has 0 bridgehead atoms. The van der Waals surface area contributed by atoms with Gasteiger partial charge in [-0.1, -0.05) is 35.3 Å². The van der Waals surface area contributed by atoms with Crippen molar-refractivity contribution in [1.29, 1.82) is 0 Å². The summed E-state index contributed by atoms with van der Waals surface area (Å²) >= 11 is 12.2. The SMILES string of the molecule is CN1CCCc2cc(C(O)c3cc(Cl)ccc3Cl)ccc21. The van der Waals surface area contributed by atoms with Crippen molar-refractivity contribution in [2.24, 2.45) is 0 Å². The Morgan fingerprint density at radius 3 is 2.76 bits per heavy atom. The predicted octanol–water partition coefficient (Wildman–Crippen LogP) is 4.46. The molecule has 110 valence electrons. The molecule has 2 aromatic rings. The average molecular weight is 322 g/mol. The van der Waals surface area contributed by atoms with Crippen LogP contribution in [0.4, 0.5) is 5.69 Å². The Labute approximate surface area is 134 Å². The minimum absolute atomic E-state index is 0.529. The predicted molar refractivity (Wildman–Crippen MR) is 88.6 cm³/mol. The largest absolute Gasteiger partial charge is 0.384 e. The Balaban J connectivity index is 1.98. The summed E-state index contributed by atoms with van der Waals surface area (Å²) in [7, 11) is 2.10. The lowest BCUT2D eigenvalue weighted by Gasteiger charge is -2.28. The molecule has 1 aliphatic rings. The number of aliphatic hydroxyl groups excluding tert-OH is 1. The molecule has 0 saturated heterocycles. The zero-order valence-electron chi connectivity index (χ0n) is 11.8. The molecule has 1 aliphatic heterocycles. The topological polar surface area (TPSA) is 23.5 Å². The van der Waals surface area contributed by atoms with Gasteiger partial charge in [-0.25, -0.2) is 0 Å². The number of aliphatic hydroxyl groups is 1. The third-order valence-corrected chi connectivity index (χ3v) is 4.60. The summed E-state index contributed by atoms with van der Waals surface area (Å²) in [5.41, 5.74) is 4.02. The van der Waals surface area contributed by atoms with Gasteiger partial charge in [0.25, 0.3) is 0 Å². The Hall–Kier alpha value is -1.22. The van der Waals surface area contributed by atoms with Gasteiger partial charge in [0.15, 0.2) is 0 Å². The average Bonchev–Trinajstić information content (AvgIpc) is 2.49. The van der Waals surface area contributed by atoms with E-state index in [4.69, 9.17) is 23.2 Å². The van der Waals surface area contributed by atoms with Crippen molar-refractivity contribution in [1.82, 2.24) is 0 Å². The Bertz CT molecular complexity index is 672. The molecule has 0 amide bonds. The lowest BCUT2D eigenvalue weighted by atomic mass is 9.95. The van der Waals surface area contributed by atoms with Gasteiger partial charge in [0.05, 0.1) is 0 Å². The van der Waals surface area contributed by atoms with Crippen LogP contribution in [0, 0.1) is 0 Å². The van der Waals surface area contributed by atoms with Crippen molar-refractivity contribution in [3.05, 3.63) is 63.1 Å². The molecule has 0 aliphatic carbocycles. The van der Waals surface area contributed by atoms with E-state index in [1.165, 1.54) is 11.3 Å². The third-order valence-electron chi connectivity index (χ3n) is 4.02. The second-order valence-electron chi connectivity index (χ2n) is 5.48. The zero-order valence-corrected chi connectivity index (χ0v) is 13.3. The maximum absolute atomic E-state index is 10.6. The van der Waals surface area contributed by atoms with Crippen LogP contribution in [0.5, 0.6) is 0 Å². The normalized spacial score (nSPS) is 15.7. The summed E-state index contributed by atoms with van der Waals surface area (Å²) in [6, 6.07) is 11.3. The molecule has 0 spiro atoms. The first-order valence-corrected chi connectivity index (χ1v) is 7.79. The maximum Gasteiger partial charge on any atom is 0.106 e. The molecule has 2 aromatic carbocycles. The van der Waals surface area contributed by atoms with E-state index in [-0.39, 0.29) is 0 Å². The van der Waals surface area contributed by atoms with Crippen molar-refractivity contribution in [3.63, 3.8) is 0 Å².